The summed E-state index contributed by atoms with van der Waals surface area (Å²) in [6.07, 6.45) is 0.670. The van der Waals surface area contributed by atoms with E-state index in [-0.39, 0.29) is 35.9 Å². The first-order valence-corrected chi connectivity index (χ1v) is 12.9. The van der Waals surface area contributed by atoms with E-state index in [1.54, 1.807) is 6.07 Å². The van der Waals surface area contributed by atoms with Crippen LogP contribution in [-0.2, 0) is 32.1 Å². The maximum absolute atomic E-state index is 13.3. The molecule has 43 heavy (non-hydrogen) atoms. The summed E-state index contributed by atoms with van der Waals surface area (Å²) in [6.45, 7) is 1.69. The molecule has 0 radical (unpaired) electrons. The molecule has 4 rings (SSSR count). The highest BCUT2D eigenvalue weighted by Gasteiger charge is 2.31. The second-order valence-electron chi connectivity index (χ2n) is 9.44. The zero-order valence-corrected chi connectivity index (χ0v) is 22.7. The highest BCUT2D eigenvalue weighted by atomic mass is 19.4. The number of carbonyl (C=O) groups excluding carboxylic acids is 2. The molecule has 0 aliphatic heterocycles. The number of hydrogen-bond acceptors (Lipinski definition) is 8. The fourth-order valence-corrected chi connectivity index (χ4v) is 3.76. The molecule has 2 amide bonds. The Bertz CT molecular complexity index is 1530. The fourth-order valence-electron chi connectivity index (χ4n) is 3.76. The van der Waals surface area contributed by atoms with Crippen LogP contribution < -0.4 is 15.4 Å². The van der Waals surface area contributed by atoms with Gasteiger partial charge in [-0.05, 0) is 42.2 Å². The summed E-state index contributed by atoms with van der Waals surface area (Å²) in [5, 5.41) is 20.7. The molecule has 0 saturated heterocycles. The zero-order valence-electron chi connectivity index (χ0n) is 22.7. The largest absolute Gasteiger partial charge is 0.573 e. The van der Waals surface area contributed by atoms with Crippen molar-refractivity contribution >= 4 is 11.8 Å². The number of benzene rings is 1. The standard InChI is InChI=1S/C26H26F5N9O3/c1-25(27,28)22-8-7-18(13-32-22)14-34-24(42)21-16-40(38-36-21)10-3-2-9-39-15-20(35-37-39)23(41)33-12-17-5-4-6-19(11-17)43-26(29,30)31/h4-8,11,13,15-16H,2-3,9-10,12,14H2,1H3,(H,33,41)(H,34,42). The Morgan fingerprint density at radius 1 is 0.837 bits per heavy atom. The van der Waals surface area contributed by atoms with Crippen LogP contribution in [0.4, 0.5) is 22.0 Å². The second-order valence-corrected chi connectivity index (χ2v) is 9.44. The number of hydrogen-bond donors (Lipinski definition) is 2. The van der Waals surface area contributed by atoms with Gasteiger partial charge in [0.25, 0.3) is 17.7 Å². The predicted octanol–water partition coefficient (Wildman–Crippen LogP) is 3.62. The number of aromatic nitrogens is 7. The van der Waals surface area contributed by atoms with E-state index in [1.807, 2.05) is 0 Å². The molecule has 0 spiro atoms. The number of carbonyl (C=O) groups is 2. The van der Waals surface area contributed by atoms with E-state index in [0.717, 1.165) is 13.0 Å². The van der Waals surface area contributed by atoms with Crippen LogP contribution in [0, 0.1) is 0 Å². The van der Waals surface area contributed by atoms with Gasteiger partial charge in [-0.15, -0.1) is 23.4 Å². The SMILES string of the molecule is CC(F)(F)c1ccc(CNC(=O)c2cn(CCCCn3cc(C(=O)NCc4cccc(OC(F)(F)F)c4)nn3)nn2)cn1. The lowest BCUT2D eigenvalue weighted by atomic mass is 10.2. The third-order valence-corrected chi connectivity index (χ3v) is 5.88. The Morgan fingerprint density at radius 3 is 1.93 bits per heavy atom. The number of aryl methyl sites for hydroxylation is 2. The highest BCUT2D eigenvalue weighted by molar-refractivity contribution is 5.92. The number of nitrogens with zero attached hydrogens (tertiary/aromatic N) is 7. The van der Waals surface area contributed by atoms with Crippen molar-refractivity contribution in [1.29, 1.82) is 0 Å². The van der Waals surface area contributed by atoms with Crippen molar-refractivity contribution in [3.8, 4) is 5.75 Å². The molecular formula is C26H26F5N9O3. The Labute approximate surface area is 241 Å². The molecule has 0 bridgehead atoms. The van der Waals surface area contributed by atoms with E-state index in [2.05, 4.69) is 41.0 Å². The number of pyridine rings is 1. The fraction of sp³-hybridized carbons (Fsp3) is 0.346. The van der Waals surface area contributed by atoms with E-state index < -0.39 is 24.1 Å². The number of rotatable bonds is 13. The average molecular weight is 608 g/mol. The number of nitrogens with one attached hydrogen (secondary N) is 2. The van der Waals surface area contributed by atoms with Crippen molar-refractivity contribution in [3.63, 3.8) is 0 Å². The summed E-state index contributed by atoms with van der Waals surface area (Å²) < 4.78 is 70.6. The van der Waals surface area contributed by atoms with Crippen LogP contribution in [0.15, 0.2) is 55.0 Å². The van der Waals surface area contributed by atoms with E-state index in [1.165, 1.54) is 52.2 Å². The number of unbranched alkanes of at least 4 members (excludes halogenated alkanes) is 1. The molecule has 0 aliphatic rings. The van der Waals surface area contributed by atoms with Gasteiger partial charge in [-0.1, -0.05) is 28.6 Å². The lowest BCUT2D eigenvalue weighted by Gasteiger charge is -2.10. The van der Waals surface area contributed by atoms with Crippen LogP contribution in [0.3, 0.4) is 0 Å². The minimum Gasteiger partial charge on any atom is -0.406 e. The average Bonchev–Trinajstić information content (AvgIpc) is 3.62. The monoisotopic (exact) mass is 607 g/mol. The van der Waals surface area contributed by atoms with Gasteiger partial charge < -0.3 is 15.4 Å². The highest BCUT2D eigenvalue weighted by Crippen LogP contribution is 2.25. The number of halogens is 5. The Hall–Kier alpha value is -4.96. The van der Waals surface area contributed by atoms with Gasteiger partial charge in [-0.3, -0.25) is 23.9 Å². The molecule has 4 aromatic rings. The van der Waals surface area contributed by atoms with Gasteiger partial charge in [0.15, 0.2) is 11.4 Å². The van der Waals surface area contributed by atoms with E-state index in [9.17, 15) is 31.5 Å². The molecule has 228 valence electrons. The summed E-state index contributed by atoms with van der Waals surface area (Å²) in [4.78, 5) is 28.4. The molecule has 0 saturated carbocycles. The lowest BCUT2D eigenvalue weighted by Crippen LogP contribution is -2.23. The normalized spacial score (nSPS) is 11.8. The van der Waals surface area contributed by atoms with Gasteiger partial charge in [0.1, 0.15) is 11.4 Å². The Balaban J connectivity index is 1.16. The summed E-state index contributed by atoms with van der Waals surface area (Å²) >= 11 is 0. The first kappa shape index (κ1) is 31.0. The lowest BCUT2D eigenvalue weighted by molar-refractivity contribution is -0.274. The van der Waals surface area contributed by atoms with Crippen molar-refractivity contribution < 1.29 is 36.3 Å². The Kier molecular flexibility index (Phi) is 9.62. The summed E-state index contributed by atoms with van der Waals surface area (Å²) in [7, 11) is 0. The van der Waals surface area contributed by atoms with Gasteiger partial charge in [-0.25, -0.2) is 0 Å². The first-order chi connectivity index (χ1) is 20.4. The molecule has 12 nitrogen and oxygen atoms in total. The molecule has 2 N–H and O–H groups in total. The number of ether oxygens (including phenoxy) is 1. The third-order valence-electron chi connectivity index (χ3n) is 5.88. The molecule has 3 heterocycles. The molecule has 0 fully saturated rings. The van der Waals surface area contributed by atoms with Crippen LogP contribution in [0.2, 0.25) is 0 Å². The van der Waals surface area contributed by atoms with Gasteiger partial charge in [0.2, 0.25) is 0 Å². The maximum atomic E-state index is 13.3. The van der Waals surface area contributed by atoms with E-state index in [4.69, 9.17) is 0 Å². The van der Waals surface area contributed by atoms with Gasteiger partial charge in [0, 0.05) is 39.3 Å². The quantitative estimate of drug-likeness (QED) is 0.174. The van der Waals surface area contributed by atoms with E-state index >= 15 is 0 Å². The molecule has 0 unspecified atom stereocenters. The van der Waals surface area contributed by atoms with E-state index in [0.29, 0.717) is 37.1 Å². The van der Waals surface area contributed by atoms with Crippen molar-refractivity contribution in [2.45, 2.75) is 58.2 Å². The van der Waals surface area contributed by atoms with Crippen LogP contribution >= 0.6 is 0 Å². The smallest absolute Gasteiger partial charge is 0.406 e. The summed E-state index contributed by atoms with van der Waals surface area (Å²) in [5.41, 5.74) is 0.736. The minimum absolute atomic E-state index is 0.0383. The van der Waals surface area contributed by atoms with Gasteiger partial charge in [-0.2, -0.15) is 8.78 Å². The molecule has 0 atom stereocenters. The maximum Gasteiger partial charge on any atom is 0.573 e. The third kappa shape index (κ3) is 9.54. The van der Waals surface area contributed by atoms with Crippen molar-refractivity contribution in [3.05, 3.63) is 83.2 Å². The second kappa shape index (κ2) is 13.3. The van der Waals surface area contributed by atoms with Gasteiger partial charge in [0.05, 0.1) is 12.4 Å². The molecular weight excluding hydrogens is 581 g/mol. The molecule has 17 heteroatoms. The van der Waals surface area contributed by atoms with Crippen molar-refractivity contribution in [2.24, 2.45) is 0 Å². The Morgan fingerprint density at radius 2 is 1.42 bits per heavy atom. The van der Waals surface area contributed by atoms with Crippen molar-refractivity contribution in [2.75, 3.05) is 0 Å². The van der Waals surface area contributed by atoms with Crippen LogP contribution in [0.25, 0.3) is 0 Å². The summed E-state index contributed by atoms with van der Waals surface area (Å²) in [6, 6.07) is 7.92. The molecule has 0 aliphatic carbocycles. The number of amides is 2. The molecule has 3 aromatic heterocycles. The van der Waals surface area contributed by atoms with Crippen LogP contribution in [-0.4, -0.2) is 53.1 Å². The minimum atomic E-state index is -4.81. The van der Waals surface area contributed by atoms with Gasteiger partial charge >= 0.3 is 6.36 Å². The van der Waals surface area contributed by atoms with Crippen molar-refractivity contribution in [1.82, 2.24) is 45.6 Å². The van der Waals surface area contributed by atoms with Crippen LogP contribution in [0.1, 0.15) is 57.6 Å². The van der Waals surface area contributed by atoms with Crippen LogP contribution in [0.5, 0.6) is 5.75 Å². The first-order valence-electron chi connectivity index (χ1n) is 12.9. The number of alkyl halides is 5. The topological polar surface area (TPSA) is 142 Å². The summed E-state index contributed by atoms with van der Waals surface area (Å²) in [5.74, 6) is -4.46. The molecule has 1 aromatic carbocycles. The predicted molar refractivity (Wildman–Crippen MR) is 139 cm³/mol. The zero-order chi connectivity index (χ0) is 31.0.